The highest BCUT2D eigenvalue weighted by molar-refractivity contribution is 5.82. The molecule has 6 nitrogen and oxygen atoms in total. The van der Waals surface area contributed by atoms with E-state index in [9.17, 15) is 4.79 Å². The summed E-state index contributed by atoms with van der Waals surface area (Å²) < 4.78 is 4.85. The summed E-state index contributed by atoms with van der Waals surface area (Å²) in [5.74, 6) is -1.59. The van der Waals surface area contributed by atoms with Crippen LogP contribution in [0.5, 0.6) is 0 Å². The minimum atomic E-state index is -1.25. The van der Waals surface area contributed by atoms with Gasteiger partial charge in [0.15, 0.2) is 0 Å². The van der Waals surface area contributed by atoms with Crippen molar-refractivity contribution in [3.8, 4) is 11.6 Å². The molecule has 70 valence electrons. The van der Waals surface area contributed by atoms with E-state index in [0.29, 0.717) is 5.69 Å². The van der Waals surface area contributed by atoms with Crippen molar-refractivity contribution in [2.24, 2.45) is 0 Å². The van der Waals surface area contributed by atoms with Gasteiger partial charge in [-0.1, -0.05) is 6.07 Å². The number of aromatic nitrogens is 3. The van der Waals surface area contributed by atoms with Crippen LogP contribution in [0.4, 0.5) is 0 Å². The molecule has 0 amide bonds. The van der Waals surface area contributed by atoms with Crippen molar-refractivity contribution in [3.05, 3.63) is 30.3 Å². The highest BCUT2D eigenvalue weighted by atomic mass is 16.4. The second-order valence-electron chi connectivity index (χ2n) is 2.43. The Hall–Kier alpha value is -2.24. The van der Waals surface area contributed by atoms with Gasteiger partial charge in [-0.2, -0.15) is 0 Å². The van der Waals surface area contributed by atoms with Crippen LogP contribution in [-0.4, -0.2) is 26.3 Å². The lowest BCUT2D eigenvalue weighted by molar-refractivity contribution is 0.0654. The van der Waals surface area contributed by atoms with E-state index in [1.807, 2.05) is 0 Å². The van der Waals surface area contributed by atoms with Crippen LogP contribution < -0.4 is 0 Å². The normalized spacial score (nSPS) is 10.0. The molecule has 1 N–H and O–H groups in total. The maximum absolute atomic E-state index is 10.4. The quantitative estimate of drug-likeness (QED) is 0.756. The molecule has 0 aromatic carbocycles. The summed E-state index contributed by atoms with van der Waals surface area (Å²) in [5.41, 5.74) is 0.451. The van der Waals surface area contributed by atoms with Crippen molar-refractivity contribution < 1.29 is 14.3 Å². The van der Waals surface area contributed by atoms with Crippen LogP contribution in [0.15, 0.2) is 28.8 Å². The van der Waals surface area contributed by atoms with Crippen LogP contribution in [0.3, 0.4) is 0 Å². The molecule has 0 radical (unpaired) electrons. The van der Waals surface area contributed by atoms with Crippen LogP contribution in [0.25, 0.3) is 11.6 Å². The summed E-state index contributed by atoms with van der Waals surface area (Å²) in [5, 5.41) is 15.4. The number of carbonyl (C=O) groups is 1. The monoisotopic (exact) mass is 191 g/mol. The summed E-state index contributed by atoms with van der Waals surface area (Å²) in [6.45, 7) is 0. The third-order valence-electron chi connectivity index (χ3n) is 1.49. The van der Waals surface area contributed by atoms with E-state index in [2.05, 4.69) is 15.2 Å². The Morgan fingerprint density at radius 1 is 1.36 bits per heavy atom. The van der Waals surface area contributed by atoms with Gasteiger partial charge < -0.3 is 9.52 Å². The van der Waals surface area contributed by atoms with Gasteiger partial charge in [-0.05, 0) is 12.1 Å². The molecule has 0 atom stereocenters. The average molecular weight is 191 g/mol. The summed E-state index contributed by atoms with van der Waals surface area (Å²) in [4.78, 5) is 14.4. The van der Waals surface area contributed by atoms with Crippen molar-refractivity contribution in [2.45, 2.75) is 0 Å². The zero-order valence-electron chi connectivity index (χ0n) is 6.91. The highest BCUT2D eigenvalue weighted by Crippen LogP contribution is 2.13. The smallest absolute Gasteiger partial charge is 0.393 e. The first-order chi connectivity index (χ1) is 6.77. The number of carboxylic acid groups (broad SMARTS) is 1. The highest BCUT2D eigenvalue weighted by Gasteiger charge is 2.14. The van der Waals surface area contributed by atoms with Gasteiger partial charge in [-0.3, -0.25) is 4.98 Å². The summed E-state index contributed by atoms with van der Waals surface area (Å²) in [6.07, 6.45) is 1.56. The van der Waals surface area contributed by atoms with E-state index >= 15 is 0 Å². The molecule has 2 heterocycles. The number of aromatic carboxylic acids is 1. The van der Waals surface area contributed by atoms with E-state index < -0.39 is 11.9 Å². The first kappa shape index (κ1) is 8.36. The van der Waals surface area contributed by atoms with Crippen molar-refractivity contribution in [3.63, 3.8) is 0 Å². The van der Waals surface area contributed by atoms with Crippen molar-refractivity contribution in [1.82, 2.24) is 15.2 Å². The predicted octanol–water partition coefficient (Wildman–Crippen LogP) is 0.830. The van der Waals surface area contributed by atoms with Crippen molar-refractivity contribution in [1.29, 1.82) is 0 Å². The lowest BCUT2D eigenvalue weighted by atomic mass is 10.3. The maximum Gasteiger partial charge on any atom is 0.393 e. The van der Waals surface area contributed by atoms with Gasteiger partial charge >= 0.3 is 11.9 Å². The summed E-state index contributed by atoms with van der Waals surface area (Å²) >= 11 is 0. The number of carboxylic acids is 1. The largest absolute Gasteiger partial charge is 0.474 e. The van der Waals surface area contributed by atoms with E-state index in [-0.39, 0.29) is 5.89 Å². The Morgan fingerprint density at radius 2 is 2.21 bits per heavy atom. The van der Waals surface area contributed by atoms with E-state index in [4.69, 9.17) is 9.52 Å². The Labute approximate surface area is 78.2 Å². The van der Waals surface area contributed by atoms with Crippen LogP contribution in [0.1, 0.15) is 10.7 Å². The van der Waals surface area contributed by atoms with Crippen molar-refractivity contribution >= 4 is 5.97 Å². The fourth-order valence-electron chi connectivity index (χ4n) is 0.902. The van der Waals surface area contributed by atoms with Gasteiger partial charge in [-0.25, -0.2) is 4.79 Å². The summed E-state index contributed by atoms with van der Waals surface area (Å²) in [7, 11) is 0. The van der Waals surface area contributed by atoms with Gasteiger partial charge in [0, 0.05) is 6.20 Å². The van der Waals surface area contributed by atoms with E-state index in [0.717, 1.165) is 0 Å². The fraction of sp³-hybridized carbons (Fsp3) is 0. The molecule has 0 aliphatic rings. The van der Waals surface area contributed by atoms with Gasteiger partial charge in [0.1, 0.15) is 5.69 Å². The zero-order chi connectivity index (χ0) is 9.97. The molecule has 2 aromatic rings. The SMILES string of the molecule is O=C(O)c1nnc(-c2ccccn2)o1. The molecule has 0 bridgehead atoms. The molecule has 0 saturated heterocycles. The molecule has 0 aliphatic carbocycles. The standard InChI is InChI=1S/C8H5N3O3/c12-8(13)7-11-10-6(14-7)5-3-1-2-4-9-5/h1-4H,(H,12,13). The van der Waals surface area contributed by atoms with Gasteiger partial charge in [-0.15, -0.1) is 10.2 Å². The Morgan fingerprint density at radius 3 is 2.79 bits per heavy atom. The molecule has 0 spiro atoms. The number of hydrogen-bond donors (Lipinski definition) is 1. The molecule has 2 aromatic heterocycles. The lowest BCUT2D eigenvalue weighted by Crippen LogP contribution is -1.95. The van der Waals surface area contributed by atoms with Crippen LogP contribution >= 0.6 is 0 Å². The summed E-state index contributed by atoms with van der Waals surface area (Å²) in [6, 6.07) is 5.13. The number of pyridine rings is 1. The third kappa shape index (κ3) is 1.45. The average Bonchev–Trinajstić information content (AvgIpc) is 2.68. The molecule has 0 aliphatic heterocycles. The minimum Gasteiger partial charge on any atom is -0.474 e. The lowest BCUT2D eigenvalue weighted by Gasteiger charge is -1.89. The molecule has 2 rings (SSSR count). The Bertz CT molecular complexity index is 452. The first-order valence-electron chi connectivity index (χ1n) is 3.75. The second-order valence-corrected chi connectivity index (χ2v) is 2.43. The van der Waals surface area contributed by atoms with E-state index in [1.54, 1.807) is 24.4 Å². The predicted molar refractivity (Wildman–Crippen MR) is 44.5 cm³/mol. The number of nitrogens with zero attached hydrogens (tertiary/aromatic N) is 3. The van der Waals surface area contributed by atoms with Gasteiger partial charge in [0.2, 0.25) is 0 Å². The van der Waals surface area contributed by atoms with Crippen molar-refractivity contribution in [2.75, 3.05) is 0 Å². The van der Waals surface area contributed by atoms with E-state index in [1.165, 1.54) is 0 Å². The van der Waals surface area contributed by atoms with Crippen LogP contribution in [-0.2, 0) is 0 Å². The van der Waals surface area contributed by atoms with Gasteiger partial charge in [0.25, 0.3) is 5.89 Å². The molecule has 6 heteroatoms. The Kier molecular flexibility index (Phi) is 1.94. The van der Waals surface area contributed by atoms with Crippen LogP contribution in [0.2, 0.25) is 0 Å². The molecule has 0 fully saturated rings. The first-order valence-corrected chi connectivity index (χ1v) is 3.75. The maximum atomic E-state index is 10.4. The fourth-order valence-corrected chi connectivity index (χ4v) is 0.902. The molecule has 0 saturated carbocycles. The molecular formula is C8H5N3O3. The molecule has 14 heavy (non-hydrogen) atoms. The second kappa shape index (κ2) is 3.25. The van der Waals surface area contributed by atoms with Crippen LogP contribution in [0, 0.1) is 0 Å². The Balaban J connectivity index is 2.39. The van der Waals surface area contributed by atoms with Gasteiger partial charge in [0.05, 0.1) is 0 Å². The zero-order valence-corrected chi connectivity index (χ0v) is 6.91. The topological polar surface area (TPSA) is 89.1 Å². The third-order valence-corrected chi connectivity index (χ3v) is 1.49. The number of hydrogen-bond acceptors (Lipinski definition) is 5. The molecular weight excluding hydrogens is 186 g/mol. The number of rotatable bonds is 2. The molecule has 0 unspecified atom stereocenters. The minimum absolute atomic E-state index is 0.100.